The van der Waals surface area contributed by atoms with Crippen LogP contribution in [0.3, 0.4) is 0 Å². The Hall–Kier alpha value is -1.05. The highest BCUT2D eigenvalue weighted by Crippen LogP contribution is 1.97. The fourth-order valence-electron chi connectivity index (χ4n) is 1.36. The molecule has 0 fully saturated rings. The molecule has 0 N–H and O–H groups in total. The molecule has 2 nitrogen and oxygen atoms in total. The molecule has 0 aliphatic heterocycles. The summed E-state index contributed by atoms with van der Waals surface area (Å²) in [6, 6.07) is 3.79. The smallest absolute Gasteiger partial charge is 0.253 e. The monoisotopic (exact) mass is 179 g/mol. The molecule has 1 rings (SSSR count). The Morgan fingerprint density at radius 2 is 2.15 bits per heavy atom. The molecule has 0 saturated carbocycles. The first-order valence-corrected chi connectivity index (χ1v) is 4.91. The lowest BCUT2D eigenvalue weighted by atomic mass is 10.2. The molecule has 2 heteroatoms. The van der Waals surface area contributed by atoms with Crippen molar-refractivity contribution in [2.75, 3.05) is 0 Å². The van der Waals surface area contributed by atoms with Gasteiger partial charge in [-0.2, -0.15) is 0 Å². The molecule has 0 aromatic carbocycles. The lowest BCUT2D eigenvalue weighted by Crippen LogP contribution is -2.21. The zero-order valence-corrected chi connectivity index (χ0v) is 8.42. The second kappa shape index (κ2) is 4.85. The van der Waals surface area contributed by atoms with Crippen molar-refractivity contribution in [1.29, 1.82) is 0 Å². The van der Waals surface area contributed by atoms with Gasteiger partial charge in [0.2, 0.25) is 0 Å². The Kier molecular flexibility index (Phi) is 3.74. The van der Waals surface area contributed by atoms with Gasteiger partial charge in [0.25, 0.3) is 5.56 Å². The molecule has 0 aliphatic carbocycles. The van der Waals surface area contributed by atoms with E-state index >= 15 is 0 Å². The van der Waals surface area contributed by atoms with Crippen molar-refractivity contribution in [3.05, 3.63) is 34.2 Å². The van der Waals surface area contributed by atoms with Gasteiger partial charge in [0.1, 0.15) is 0 Å². The third-order valence-electron chi connectivity index (χ3n) is 2.21. The lowest BCUT2D eigenvalue weighted by Gasteiger charge is -2.04. The molecule has 0 radical (unpaired) electrons. The van der Waals surface area contributed by atoms with Crippen LogP contribution in [-0.2, 0) is 6.54 Å². The maximum Gasteiger partial charge on any atom is 0.253 e. The summed E-state index contributed by atoms with van der Waals surface area (Å²) < 4.78 is 1.80. The van der Waals surface area contributed by atoms with Crippen LogP contribution in [0.5, 0.6) is 0 Å². The third-order valence-corrected chi connectivity index (χ3v) is 2.21. The predicted octanol–water partition coefficient (Wildman–Crippen LogP) is 2.35. The van der Waals surface area contributed by atoms with Gasteiger partial charge in [-0.25, -0.2) is 0 Å². The van der Waals surface area contributed by atoms with Crippen molar-refractivity contribution in [3.8, 4) is 0 Å². The summed E-state index contributed by atoms with van der Waals surface area (Å²) in [5.74, 6) is 0. The minimum absolute atomic E-state index is 0.151. The van der Waals surface area contributed by atoms with Crippen LogP contribution in [0.1, 0.15) is 31.7 Å². The average Bonchev–Trinajstić information content (AvgIpc) is 2.13. The Labute approximate surface area is 79.2 Å². The zero-order chi connectivity index (χ0) is 9.68. The molecule has 0 spiro atoms. The van der Waals surface area contributed by atoms with Crippen LogP contribution < -0.4 is 5.56 Å². The highest BCUT2D eigenvalue weighted by Gasteiger charge is 1.96. The van der Waals surface area contributed by atoms with Gasteiger partial charge in [-0.15, -0.1) is 0 Å². The fourth-order valence-corrected chi connectivity index (χ4v) is 1.36. The largest absolute Gasteiger partial charge is 0.315 e. The number of nitrogens with zero attached hydrogens (tertiary/aromatic N) is 1. The van der Waals surface area contributed by atoms with Gasteiger partial charge in [0.05, 0.1) is 0 Å². The van der Waals surface area contributed by atoms with Crippen LogP contribution in [0.15, 0.2) is 23.1 Å². The number of pyridine rings is 1. The number of hydrogen-bond donors (Lipinski definition) is 0. The van der Waals surface area contributed by atoms with E-state index in [0.29, 0.717) is 0 Å². The second-order valence-corrected chi connectivity index (χ2v) is 3.40. The van der Waals surface area contributed by atoms with Crippen molar-refractivity contribution in [1.82, 2.24) is 4.57 Å². The molecular weight excluding hydrogens is 162 g/mol. The van der Waals surface area contributed by atoms with E-state index in [9.17, 15) is 4.79 Å². The summed E-state index contributed by atoms with van der Waals surface area (Å²) in [6.45, 7) is 4.88. The lowest BCUT2D eigenvalue weighted by molar-refractivity contribution is 0.585. The Bertz CT molecular complexity index is 314. The van der Waals surface area contributed by atoms with Gasteiger partial charge < -0.3 is 4.57 Å². The Morgan fingerprint density at radius 1 is 1.38 bits per heavy atom. The first-order valence-electron chi connectivity index (χ1n) is 4.91. The fraction of sp³-hybridized carbons (Fsp3) is 0.545. The molecule has 1 aromatic heterocycles. The van der Waals surface area contributed by atoms with Gasteiger partial charge in [0.15, 0.2) is 0 Å². The predicted molar refractivity (Wildman–Crippen MR) is 55.0 cm³/mol. The number of hydrogen-bond acceptors (Lipinski definition) is 1. The second-order valence-electron chi connectivity index (χ2n) is 3.40. The molecule has 0 saturated heterocycles. The molecule has 13 heavy (non-hydrogen) atoms. The van der Waals surface area contributed by atoms with Gasteiger partial charge >= 0.3 is 0 Å². The summed E-state index contributed by atoms with van der Waals surface area (Å²) >= 11 is 0. The number of unbranched alkanes of at least 4 members (excludes halogenated alkanes) is 2. The molecule has 1 heterocycles. The highest BCUT2D eigenvalue weighted by atomic mass is 16.1. The molecule has 0 bridgehead atoms. The van der Waals surface area contributed by atoms with E-state index in [1.54, 1.807) is 4.57 Å². The Morgan fingerprint density at radius 3 is 2.85 bits per heavy atom. The van der Waals surface area contributed by atoms with Gasteiger partial charge in [0, 0.05) is 18.3 Å². The van der Waals surface area contributed by atoms with Crippen LogP contribution in [0, 0.1) is 6.92 Å². The summed E-state index contributed by atoms with van der Waals surface area (Å²) in [4.78, 5) is 11.5. The highest BCUT2D eigenvalue weighted by molar-refractivity contribution is 5.07. The van der Waals surface area contributed by atoms with Crippen LogP contribution in [0.2, 0.25) is 0 Å². The van der Waals surface area contributed by atoms with E-state index in [0.717, 1.165) is 18.5 Å². The summed E-state index contributed by atoms with van der Waals surface area (Å²) in [6.07, 6.45) is 5.35. The van der Waals surface area contributed by atoms with Crippen LogP contribution in [0.25, 0.3) is 0 Å². The van der Waals surface area contributed by atoms with Gasteiger partial charge in [-0.05, 0) is 19.4 Å². The van der Waals surface area contributed by atoms with E-state index in [2.05, 4.69) is 6.92 Å². The SMILES string of the molecule is CCCCCn1cccc(C)c1=O. The maximum absolute atomic E-state index is 11.5. The van der Waals surface area contributed by atoms with Gasteiger partial charge in [-0.3, -0.25) is 4.79 Å². The van der Waals surface area contributed by atoms with Crippen molar-refractivity contribution in [2.24, 2.45) is 0 Å². The topological polar surface area (TPSA) is 22.0 Å². The van der Waals surface area contributed by atoms with Crippen LogP contribution in [-0.4, -0.2) is 4.57 Å². The number of rotatable bonds is 4. The first kappa shape index (κ1) is 10.0. The number of aromatic nitrogens is 1. The van der Waals surface area contributed by atoms with Crippen molar-refractivity contribution < 1.29 is 0 Å². The Balaban J connectivity index is 2.67. The van der Waals surface area contributed by atoms with Crippen LogP contribution in [0.4, 0.5) is 0 Å². The quantitative estimate of drug-likeness (QED) is 0.650. The molecular formula is C11H17NO. The van der Waals surface area contributed by atoms with E-state index < -0.39 is 0 Å². The normalized spacial score (nSPS) is 10.3. The minimum atomic E-state index is 0.151. The van der Waals surface area contributed by atoms with E-state index in [1.807, 2.05) is 25.3 Å². The molecule has 0 amide bonds. The van der Waals surface area contributed by atoms with Crippen molar-refractivity contribution in [2.45, 2.75) is 39.7 Å². The summed E-state index contributed by atoms with van der Waals surface area (Å²) in [5.41, 5.74) is 0.984. The molecule has 1 aromatic rings. The van der Waals surface area contributed by atoms with Crippen molar-refractivity contribution in [3.63, 3.8) is 0 Å². The molecule has 72 valence electrons. The number of aryl methyl sites for hydroxylation is 2. The zero-order valence-electron chi connectivity index (χ0n) is 8.42. The maximum atomic E-state index is 11.5. The standard InChI is InChI=1S/C11H17NO/c1-3-4-5-8-12-9-6-7-10(2)11(12)13/h6-7,9H,3-5,8H2,1-2H3. The molecule has 0 unspecified atom stereocenters. The average molecular weight is 179 g/mol. The third kappa shape index (κ3) is 2.72. The van der Waals surface area contributed by atoms with Crippen LogP contribution >= 0.6 is 0 Å². The first-order chi connectivity index (χ1) is 6.25. The van der Waals surface area contributed by atoms with Gasteiger partial charge in [-0.1, -0.05) is 25.8 Å². The summed E-state index contributed by atoms with van der Waals surface area (Å²) in [7, 11) is 0. The minimum Gasteiger partial charge on any atom is -0.315 e. The van der Waals surface area contributed by atoms with E-state index in [1.165, 1.54) is 12.8 Å². The molecule has 0 aliphatic rings. The van der Waals surface area contributed by atoms with Crippen molar-refractivity contribution >= 4 is 0 Å². The van der Waals surface area contributed by atoms with E-state index in [-0.39, 0.29) is 5.56 Å². The van der Waals surface area contributed by atoms with E-state index in [4.69, 9.17) is 0 Å². The molecule has 0 atom stereocenters. The summed E-state index contributed by atoms with van der Waals surface area (Å²) in [5, 5.41) is 0.